The minimum Gasteiger partial charge on any atom is -0.316 e. The largest absolute Gasteiger partial charge is 0.316 e. The van der Waals surface area contributed by atoms with Crippen molar-refractivity contribution in [2.45, 2.75) is 40.0 Å². The van der Waals surface area contributed by atoms with E-state index in [0.717, 1.165) is 25.4 Å². The van der Waals surface area contributed by atoms with Gasteiger partial charge in [-0.05, 0) is 49.5 Å². The van der Waals surface area contributed by atoms with Gasteiger partial charge in [-0.15, -0.1) is 0 Å². The molecule has 0 spiro atoms. The Labute approximate surface area is 99.5 Å². The zero-order chi connectivity index (χ0) is 11.8. The van der Waals surface area contributed by atoms with Gasteiger partial charge in [0.25, 0.3) is 0 Å². The Balaban J connectivity index is 2.23. The second-order valence-electron chi connectivity index (χ2n) is 4.44. The lowest BCUT2D eigenvalue weighted by Gasteiger charge is -2.13. The van der Waals surface area contributed by atoms with Gasteiger partial charge in [-0.2, -0.15) is 0 Å². The Hall–Kier alpha value is -0.890. The molecule has 0 unspecified atom stereocenters. The standard InChI is InChI=1S/C14H24N2/c1-4-13(5-2)11-16-9-7-14-6-8-15-10-12(14)3/h6,8,10,13,16H,4-5,7,9,11H2,1-3H3. The maximum Gasteiger partial charge on any atom is 0.0299 e. The average molecular weight is 220 g/mol. The number of aryl methyl sites for hydroxylation is 1. The maximum absolute atomic E-state index is 4.11. The molecule has 16 heavy (non-hydrogen) atoms. The molecule has 0 radical (unpaired) electrons. The first kappa shape index (κ1) is 13.2. The van der Waals surface area contributed by atoms with Crippen LogP contribution in [0.4, 0.5) is 0 Å². The quantitative estimate of drug-likeness (QED) is 0.715. The van der Waals surface area contributed by atoms with E-state index in [1.165, 1.54) is 24.0 Å². The fraction of sp³-hybridized carbons (Fsp3) is 0.643. The van der Waals surface area contributed by atoms with Gasteiger partial charge in [0.15, 0.2) is 0 Å². The summed E-state index contributed by atoms with van der Waals surface area (Å²) in [7, 11) is 0. The van der Waals surface area contributed by atoms with Gasteiger partial charge < -0.3 is 5.32 Å². The van der Waals surface area contributed by atoms with E-state index >= 15 is 0 Å². The van der Waals surface area contributed by atoms with Crippen LogP contribution in [0, 0.1) is 12.8 Å². The minimum atomic E-state index is 0.832. The molecule has 0 aliphatic carbocycles. The van der Waals surface area contributed by atoms with Gasteiger partial charge in [-0.3, -0.25) is 4.98 Å². The summed E-state index contributed by atoms with van der Waals surface area (Å²) in [4.78, 5) is 4.11. The van der Waals surface area contributed by atoms with Crippen LogP contribution in [-0.4, -0.2) is 18.1 Å². The topological polar surface area (TPSA) is 24.9 Å². The van der Waals surface area contributed by atoms with Gasteiger partial charge in [-0.25, -0.2) is 0 Å². The van der Waals surface area contributed by atoms with E-state index in [-0.39, 0.29) is 0 Å². The molecule has 2 nitrogen and oxygen atoms in total. The van der Waals surface area contributed by atoms with Crippen molar-refractivity contribution in [1.82, 2.24) is 10.3 Å². The number of nitrogens with one attached hydrogen (secondary N) is 1. The van der Waals surface area contributed by atoms with Crippen molar-refractivity contribution < 1.29 is 0 Å². The van der Waals surface area contributed by atoms with Crippen molar-refractivity contribution in [3.63, 3.8) is 0 Å². The van der Waals surface area contributed by atoms with E-state index in [2.05, 4.69) is 37.1 Å². The Bertz CT molecular complexity index is 293. The number of nitrogens with zero attached hydrogens (tertiary/aromatic N) is 1. The van der Waals surface area contributed by atoms with E-state index in [1.54, 1.807) is 0 Å². The second-order valence-corrected chi connectivity index (χ2v) is 4.44. The summed E-state index contributed by atoms with van der Waals surface area (Å²) in [6.07, 6.45) is 7.48. The molecule has 0 bridgehead atoms. The van der Waals surface area contributed by atoms with Crippen LogP contribution < -0.4 is 5.32 Å². The van der Waals surface area contributed by atoms with Gasteiger partial charge in [0, 0.05) is 12.4 Å². The molecular formula is C14H24N2. The SMILES string of the molecule is CCC(CC)CNCCc1ccncc1C. The number of rotatable bonds is 7. The lowest BCUT2D eigenvalue weighted by Crippen LogP contribution is -2.24. The third kappa shape index (κ3) is 4.31. The van der Waals surface area contributed by atoms with Crippen LogP contribution in [0.2, 0.25) is 0 Å². The highest BCUT2D eigenvalue weighted by atomic mass is 14.8. The average Bonchev–Trinajstić information content (AvgIpc) is 2.31. The molecule has 0 saturated heterocycles. The van der Waals surface area contributed by atoms with Crippen molar-refractivity contribution >= 4 is 0 Å². The van der Waals surface area contributed by atoms with Crippen LogP contribution in [0.5, 0.6) is 0 Å². The predicted octanol–water partition coefficient (Wildman–Crippen LogP) is 2.96. The predicted molar refractivity (Wildman–Crippen MR) is 69.6 cm³/mol. The third-order valence-electron chi connectivity index (χ3n) is 3.30. The van der Waals surface area contributed by atoms with Gasteiger partial charge in [-0.1, -0.05) is 26.7 Å². The Morgan fingerprint density at radius 1 is 1.31 bits per heavy atom. The highest BCUT2D eigenvalue weighted by Crippen LogP contribution is 2.07. The summed E-state index contributed by atoms with van der Waals surface area (Å²) in [5.41, 5.74) is 2.71. The molecule has 0 amide bonds. The summed E-state index contributed by atoms with van der Waals surface area (Å²) in [5.74, 6) is 0.832. The maximum atomic E-state index is 4.11. The second kappa shape index (κ2) is 7.39. The molecule has 2 heteroatoms. The number of aromatic nitrogens is 1. The number of hydrogen-bond acceptors (Lipinski definition) is 2. The Kier molecular flexibility index (Phi) is 6.09. The molecule has 0 atom stereocenters. The summed E-state index contributed by atoms with van der Waals surface area (Å²) >= 11 is 0. The van der Waals surface area contributed by atoms with Gasteiger partial charge in [0.2, 0.25) is 0 Å². The van der Waals surface area contributed by atoms with Crippen LogP contribution in [0.1, 0.15) is 37.8 Å². The summed E-state index contributed by atoms with van der Waals surface area (Å²) in [5, 5.41) is 3.54. The van der Waals surface area contributed by atoms with Crippen molar-refractivity contribution in [2.24, 2.45) is 5.92 Å². The van der Waals surface area contributed by atoms with Gasteiger partial charge in [0.05, 0.1) is 0 Å². The van der Waals surface area contributed by atoms with E-state index in [9.17, 15) is 0 Å². The molecule has 1 N–H and O–H groups in total. The highest BCUT2D eigenvalue weighted by Gasteiger charge is 2.02. The first-order valence-corrected chi connectivity index (χ1v) is 6.38. The van der Waals surface area contributed by atoms with Crippen molar-refractivity contribution in [3.05, 3.63) is 29.6 Å². The summed E-state index contributed by atoms with van der Waals surface area (Å²) in [6, 6.07) is 2.12. The number of hydrogen-bond donors (Lipinski definition) is 1. The Morgan fingerprint density at radius 2 is 2.06 bits per heavy atom. The van der Waals surface area contributed by atoms with Gasteiger partial charge >= 0.3 is 0 Å². The monoisotopic (exact) mass is 220 g/mol. The fourth-order valence-electron chi connectivity index (χ4n) is 1.89. The zero-order valence-corrected chi connectivity index (χ0v) is 10.8. The van der Waals surface area contributed by atoms with Crippen molar-refractivity contribution in [2.75, 3.05) is 13.1 Å². The first-order chi connectivity index (χ1) is 7.77. The lowest BCUT2D eigenvalue weighted by molar-refractivity contribution is 0.452. The van der Waals surface area contributed by atoms with Crippen molar-refractivity contribution in [3.8, 4) is 0 Å². The van der Waals surface area contributed by atoms with Crippen LogP contribution >= 0.6 is 0 Å². The number of pyridine rings is 1. The lowest BCUT2D eigenvalue weighted by atomic mass is 10.0. The molecule has 0 aliphatic rings. The first-order valence-electron chi connectivity index (χ1n) is 6.38. The van der Waals surface area contributed by atoms with E-state index < -0.39 is 0 Å². The molecule has 0 aliphatic heterocycles. The normalized spacial score (nSPS) is 11.0. The molecule has 0 saturated carbocycles. The molecule has 1 aromatic heterocycles. The van der Waals surface area contributed by atoms with E-state index in [1.807, 2.05) is 12.4 Å². The molecule has 0 aromatic carbocycles. The van der Waals surface area contributed by atoms with Crippen LogP contribution in [0.15, 0.2) is 18.5 Å². The van der Waals surface area contributed by atoms with Gasteiger partial charge in [0.1, 0.15) is 0 Å². The van der Waals surface area contributed by atoms with Crippen molar-refractivity contribution in [1.29, 1.82) is 0 Å². The minimum absolute atomic E-state index is 0.832. The Morgan fingerprint density at radius 3 is 2.69 bits per heavy atom. The highest BCUT2D eigenvalue weighted by molar-refractivity contribution is 5.21. The molecule has 1 aromatic rings. The molecule has 90 valence electrons. The molecule has 1 heterocycles. The van der Waals surface area contributed by atoms with Crippen LogP contribution in [0.25, 0.3) is 0 Å². The zero-order valence-electron chi connectivity index (χ0n) is 10.8. The van der Waals surface area contributed by atoms with Crippen LogP contribution in [0.3, 0.4) is 0 Å². The molecule has 1 rings (SSSR count). The molecule has 0 fully saturated rings. The van der Waals surface area contributed by atoms with E-state index in [4.69, 9.17) is 0 Å². The summed E-state index contributed by atoms with van der Waals surface area (Å²) in [6.45, 7) is 8.88. The third-order valence-corrected chi connectivity index (χ3v) is 3.30. The van der Waals surface area contributed by atoms with Crippen LogP contribution in [-0.2, 0) is 6.42 Å². The smallest absolute Gasteiger partial charge is 0.0299 e. The van der Waals surface area contributed by atoms with E-state index in [0.29, 0.717) is 0 Å². The summed E-state index contributed by atoms with van der Waals surface area (Å²) < 4.78 is 0. The molecular weight excluding hydrogens is 196 g/mol. The fourth-order valence-corrected chi connectivity index (χ4v) is 1.89.